The van der Waals surface area contributed by atoms with Crippen molar-refractivity contribution in [1.82, 2.24) is 10.3 Å². The highest BCUT2D eigenvalue weighted by molar-refractivity contribution is 5.84. The number of aromatic amines is 1. The highest BCUT2D eigenvalue weighted by atomic mass is 16.5. The quantitative estimate of drug-likeness (QED) is 0.650. The number of aromatic nitrogens is 1. The van der Waals surface area contributed by atoms with Crippen molar-refractivity contribution in [1.29, 1.82) is 0 Å². The summed E-state index contributed by atoms with van der Waals surface area (Å²) in [7, 11) is 0. The predicted octanol–water partition coefficient (Wildman–Crippen LogP) is 2.12. The number of H-pyrrole nitrogens is 1. The number of nitrogens with one attached hydrogen (secondary N) is 2. The van der Waals surface area contributed by atoms with Crippen molar-refractivity contribution in [3.05, 3.63) is 47.8 Å². The molecule has 0 saturated carbocycles. The molecule has 5 N–H and O–H groups in total. The van der Waals surface area contributed by atoms with Crippen LogP contribution in [-0.4, -0.2) is 33.9 Å². The van der Waals surface area contributed by atoms with Crippen molar-refractivity contribution in [2.75, 3.05) is 0 Å². The number of fused-ring (bicyclic) bond motifs is 1. The lowest BCUT2D eigenvalue weighted by Gasteiger charge is -2.29. The standard InChI is InChI=1S/C18H23N3O3/c1-3-18(2)15(9-16(19)24-18)21-14(17(22)23)8-11-10-20-13-7-5-4-6-12(11)13/h4-7,9-10,14,16,20-21H,3,8,19H2,1-2H3,(H,22,23). The smallest absolute Gasteiger partial charge is 0.326 e. The topological polar surface area (TPSA) is 100 Å². The van der Waals surface area contributed by atoms with E-state index in [1.165, 1.54) is 0 Å². The summed E-state index contributed by atoms with van der Waals surface area (Å²) in [6.07, 6.45) is 4.19. The van der Waals surface area contributed by atoms with Gasteiger partial charge in [0.05, 0.1) is 0 Å². The van der Waals surface area contributed by atoms with Crippen LogP contribution in [0.25, 0.3) is 10.9 Å². The summed E-state index contributed by atoms with van der Waals surface area (Å²) in [5, 5.41) is 13.8. The van der Waals surface area contributed by atoms with Crippen LogP contribution in [0.2, 0.25) is 0 Å². The first-order valence-electron chi connectivity index (χ1n) is 8.13. The molecule has 3 unspecified atom stereocenters. The monoisotopic (exact) mass is 329 g/mol. The number of carboxylic acids is 1. The van der Waals surface area contributed by atoms with E-state index < -0.39 is 23.8 Å². The zero-order valence-corrected chi connectivity index (χ0v) is 13.9. The number of ether oxygens (including phenoxy) is 1. The number of carboxylic acid groups (broad SMARTS) is 1. The van der Waals surface area contributed by atoms with E-state index in [1.807, 2.05) is 44.3 Å². The lowest BCUT2D eigenvalue weighted by molar-refractivity contribution is -0.139. The lowest BCUT2D eigenvalue weighted by atomic mass is 9.98. The molecule has 1 aromatic heterocycles. The molecule has 2 heterocycles. The Morgan fingerprint density at radius 2 is 2.25 bits per heavy atom. The number of hydrogen-bond acceptors (Lipinski definition) is 4. The van der Waals surface area contributed by atoms with Gasteiger partial charge < -0.3 is 25.9 Å². The fourth-order valence-electron chi connectivity index (χ4n) is 3.12. The Morgan fingerprint density at radius 1 is 1.50 bits per heavy atom. The maximum atomic E-state index is 11.8. The van der Waals surface area contributed by atoms with Gasteiger partial charge in [0.2, 0.25) is 0 Å². The molecule has 0 fully saturated rings. The number of benzene rings is 1. The average Bonchev–Trinajstić information content (AvgIpc) is 3.08. The number of para-hydroxylation sites is 1. The van der Waals surface area contributed by atoms with Gasteiger partial charge in [-0.05, 0) is 31.1 Å². The molecule has 2 aromatic rings. The van der Waals surface area contributed by atoms with Crippen LogP contribution in [0.1, 0.15) is 25.8 Å². The van der Waals surface area contributed by atoms with Crippen LogP contribution in [0.15, 0.2) is 42.2 Å². The maximum absolute atomic E-state index is 11.8. The number of rotatable bonds is 6. The van der Waals surface area contributed by atoms with E-state index in [0.717, 1.165) is 22.2 Å². The second-order valence-corrected chi connectivity index (χ2v) is 6.35. The highest BCUT2D eigenvalue weighted by Crippen LogP contribution is 2.31. The Balaban J connectivity index is 1.83. The molecule has 1 aliphatic rings. The van der Waals surface area contributed by atoms with Gasteiger partial charge in [0.15, 0.2) is 0 Å². The van der Waals surface area contributed by atoms with E-state index in [4.69, 9.17) is 10.5 Å². The van der Waals surface area contributed by atoms with Crippen molar-refractivity contribution < 1.29 is 14.6 Å². The molecule has 1 aromatic carbocycles. The van der Waals surface area contributed by atoms with Crippen LogP contribution < -0.4 is 11.1 Å². The van der Waals surface area contributed by atoms with E-state index >= 15 is 0 Å². The minimum Gasteiger partial charge on any atom is -0.480 e. The van der Waals surface area contributed by atoms with Crippen molar-refractivity contribution >= 4 is 16.9 Å². The maximum Gasteiger partial charge on any atom is 0.326 e. The average molecular weight is 329 g/mol. The van der Waals surface area contributed by atoms with Gasteiger partial charge in [0.1, 0.15) is 17.9 Å². The normalized spacial score (nSPS) is 24.8. The van der Waals surface area contributed by atoms with Crippen LogP contribution in [0.5, 0.6) is 0 Å². The second-order valence-electron chi connectivity index (χ2n) is 6.35. The molecular weight excluding hydrogens is 306 g/mol. The summed E-state index contributed by atoms with van der Waals surface area (Å²) in [4.78, 5) is 14.9. The lowest BCUT2D eigenvalue weighted by Crippen LogP contribution is -2.44. The van der Waals surface area contributed by atoms with E-state index in [2.05, 4.69) is 10.3 Å². The number of nitrogens with two attached hydrogens (primary N) is 1. The van der Waals surface area contributed by atoms with E-state index in [9.17, 15) is 9.90 Å². The van der Waals surface area contributed by atoms with E-state index in [-0.39, 0.29) is 0 Å². The van der Waals surface area contributed by atoms with Gasteiger partial charge in [-0.3, -0.25) is 0 Å². The second kappa shape index (κ2) is 6.30. The fourth-order valence-corrected chi connectivity index (χ4v) is 3.12. The minimum absolute atomic E-state index is 0.367. The molecule has 24 heavy (non-hydrogen) atoms. The SMILES string of the molecule is CCC1(C)OC(N)C=C1NC(Cc1c[nH]c2ccccc12)C(=O)O. The van der Waals surface area contributed by atoms with Gasteiger partial charge in [0, 0.05) is 29.2 Å². The highest BCUT2D eigenvalue weighted by Gasteiger charge is 2.37. The fraction of sp³-hybridized carbons (Fsp3) is 0.389. The van der Waals surface area contributed by atoms with Crippen LogP contribution in [0.3, 0.4) is 0 Å². The first kappa shape index (κ1) is 16.5. The molecule has 0 bridgehead atoms. The summed E-state index contributed by atoms with van der Waals surface area (Å²) in [6, 6.07) is 7.11. The first-order chi connectivity index (χ1) is 11.4. The van der Waals surface area contributed by atoms with Crippen LogP contribution in [0, 0.1) is 0 Å². The summed E-state index contributed by atoms with van der Waals surface area (Å²) in [5.74, 6) is -0.903. The zero-order chi connectivity index (χ0) is 17.3. The first-order valence-corrected chi connectivity index (χ1v) is 8.13. The predicted molar refractivity (Wildman–Crippen MR) is 92.4 cm³/mol. The summed E-state index contributed by atoms with van der Waals surface area (Å²) < 4.78 is 5.72. The molecule has 0 amide bonds. The van der Waals surface area contributed by atoms with Crippen molar-refractivity contribution in [2.24, 2.45) is 5.73 Å². The molecule has 0 aliphatic carbocycles. The van der Waals surface area contributed by atoms with Gasteiger partial charge in [-0.1, -0.05) is 25.1 Å². The third-order valence-corrected chi connectivity index (χ3v) is 4.70. The molecule has 3 atom stereocenters. The van der Waals surface area contributed by atoms with Gasteiger partial charge in [-0.2, -0.15) is 0 Å². The van der Waals surface area contributed by atoms with E-state index in [1.54, 1.807) is 6.08 Å². The molecule has 6 heteroatoms. The number of carbonyl (C=O) groups is 1. The van der Waals surface area contributed by atoms with Crippen LogP contribution in [-0.2, 0) is 16.0 Å². The Labute approximate surface area is 140 Å². The molecule has 0 spiro atoms. The van der Waals surface area contributed by atoms with Gasteiger partial charge in [-0.25, -0.2) is 4.79 Å². The Morgan fingerprint density at radius 3 is 2.96 bits per heavy atom. The molecule has 6 nitrogen and oxygen atoms in total. The zero-order valence-electron chi connectivity index (χ0n) is 13.9. The third-order valence-electron chi connectivity index (χ3n) is 4.70. The molecule has 3 rings (SSSR count). The van der Waals surface area contributed by atoms with Crippen molar-refractivity contribution in [2.45, 2.75) is 44.6 Å². The van der Waals surface area contributed by atoms with Gasteiger partial charge in [0.25, 0.3) is 0 Å². The Kier molecular flexibility index (Phi) is 4.34. The molecule has 128 valence electrons. The third kappa shape index (κ3) is 3.02. The Hall–Kier alpha value is -2.31. The minimum atomic E-state index is -0.903. The summed E-state index contributed by atoms with van der Waals surface area (Å²) in [5.41, 5.74) is 7.98. The molecule has 1 aliphatic heterocycles. The molecule has 0 saturated heterocycles. The van der Waals surface area contributed by atoms with E-state index in [0.29, 0.717) is 12.8 Å². The van der Waals surface area contributed by atoms with Gasteiger partial charge >= 0.3 is 5.97 Å². The molecule has 0 radical (unpaired) electrons. The number of hydrogen-bond donors (Lipinski definition) is 4. The van der Waals surface area contributed by atoms with Gasteiger partial charge in [-0.15, -0.1) is 0 Å². The summed E-state index contributed by atoms with van der Waals surface area (Å²) in [6.45, 7) is 3.91. The van der Waals surface area contributed by atoms with Crippen LogP contribution in [0.4, 0.5) is 0 Å². The largest absolute Gasteiger partial charge is 0.480 e. The van der Waals surface area contributed by atoms with Crippen molar-refractivity contribution in [3.8, 4) is 0 Å². The summed E-state index contributed by atoms with van der Waals surface area (Å²) >= 11 is 0. The molecular formula is C18H23N3O3. The van der Waals surface area contributed by atoms with Crippen LogP contribution >= 0.6 is 0 Å². The van der Waals surface area contributed by atoms with Crippen molar-refractivity contribution in [3.63, 3.8) is 0 Å². The number of aliphatic carboxylic acids is 1. The Bertz CT molecular complexity index is 783.